The SMILES string of the molecule is COC(=O)c1cccc(CNc2ccc3c4c(cccc24)CC3)c1. The van der Waals surface area contributed by atoms with Crippen molar-refractivity contribution in [1.82, 2.24) is 0 Å². The van der Waals surface area contributed by atoms with Gasteiger partial charge in [-0.1, -0.05) is 36.4 Å². The zero-order chi connectivity index (χ0) is 16.5. The van der Waals surface area contributed by atoms with Crippen molar-refractivity contribution in [2.45, 2.75) is 19.4 Å². The summed E-state index contributed by atoms with van der Waals surface area (Å²) in [5.41, 5.74) is 5.66. The molecule has 0 amide bonds. The third-order valence-electron chi connectivity index (χ3n) is 4.71. The fraction of sp³-hybridized carbons (Fsp3) is 0.190. The maximum Gasteiger partial charge on any atom is 0.337 e. The van der Waals surface area contributed by atoms with E-state index in [4.69, 9.17) is 4.74 Å². The monoisotopic (exact) mass is 317 g/mol. The van der Waals surface area contributed by atoms with Gasteiger partial charge in [0.15, 0.2) is 0 Å². The first kappa shape index (κ1) is 14.8. The fourth-order valence-corrected chi connectivity index (χ4v) is 3.52. The van der Waals surface area contributed by atoms with E-state index in [9.17, 15) is 4.79 Å². The molecule has 1 aliphatic rings. The molecule has 0 heterocycles. The van der Waals surface area contributed by atoms with Crippen molar-refractivity contribution in [2.75, 3.05) is 12.4 Å². The Morgan fingerprint density at radius 2 is 1.83 bits per heavy atom. The summed E-state index contributed by atoms with van der Waals surface area (Å²) in [6.07, 6.45) is 2.27. The van der Waals surface area contributed by atoms with Crippen LogP contribution >= 0.6 is 0 Å². The molecule has 0 aliphatic heterocycles. The van der Waals surface area contributed by atoms with E-state index >= 15 is 0 Å². The van der Waals surface area contributed by atoms with Gasteiger partial charge in [0.1, 0.15) is 0 Å². The van der Waals surface area contributed by atoms with E-state index in [1.54, 1.807) is 6.07 Å². The van der Waals surface area contributed by atoms with Gasteiger partial charge >= 0.3 is 5.97 Å². The van der Waals surface area contributed by atoms with Crippen LogP contribution in [0.15, 0.2) is 54.6 Å². The molecule has 1 N–H and O–H groups in total. The average Bonchev–Trinajstić information content (AvgIpc) is 3.06. The van der Waals surface area contributed by atoms with Gasteiger partial charge in [-0.15, -0.1) is 0 Å². The number of anilines is 1. The molecule has 4 rings (SSSR count). The van der Waals surface area contributed by atoms with Gasteiger partial charge in [0, 0.05) is 17.6 Å². The molecular weight excluding hydrogens is 298 g/mol. The minimum atomic E-state index is -0.304. The summed E-state index contributed by atoms with van der Waals surface area (Å²) in [5, 5.41) is 6.21. The van der Waals surface area contributed by atoms with E-state index in [0.717, 1.165) is 24.1 Å². The van der Waals surface area contributed by atoms with Crippen molar-refractivity contribution in [1.29, 1.82) is 0 Å². The molecular formula is C21H19NO2. The van der Waals surface area contributed by atoms with Crippen LogP contribution in [0.5, 0.6) is 0 Å². The Kier molecular flexibility index (Phi) is 3.69. The number of nitrogens with one attached hydrogen (secondary N) is 1. The maximum atomic E-state index is 11.7. The number of aryl methyl sites for hydroxylation is 2. The van der Waals surface area contributed by atoms with Crippen LogP contribution in [-0.4, -0.2) is 13.1 Å². The molecule has 0 spiro atoms. The molecule has 3 aromatic rings. The highest BCUT2D eigenvalue weighted by Crippen LogP contribution is 2.35. The Bertz CT molecular complexity index is 920. The first-order valence-electron chi connectivity index (χ1n) is 8.21. The predicted octanol–water partition coefficient (Wildman–Crippen LogP) is 4.34. The number of benzene rings is 3. The molecule has 24 heavy (non-hydrogen) atoms. The number of esters is 1. The highest BCUT2D eigenvalue weighted by molar-refractivity contribution is 5.99. The van der Waals surface area contributed by atoms with Gasteiger partial charge < -0.3 is 10.1 Å². The average molecular weight is 317 g/mol. The van der Waals surface area contributed by atoms with Crippen LogP contribution in [0, 0.1) is 0 Å². The van der Waals surface area contributed by atoms with Crippen LogP contribution in [0.1, 0.15) is 27.0 Å². The largest absolute Gasteiger partial charge is 0.465 e. The van der Waals surface area contributed by atoms with E-state index in [1.165, 1.54) is 29.0 Å². The van der Waals surface area contributed by atoms with E-state index in [1.807, 2.05) is 18.2 Å². The standard InChI is InChI=1S/C21H19NO2/c1-24-21(23)17-6-2-4-14(12-17)13-22-19-11-10-16-9-8-15-5-3-7-18(19)20(15)16/h2-7,10-12,22H,8-9,13H2,1H3. The van der Waals surface area contributed by atoms with Crippen LogP contribution < -0.4 is 5.32 Å². The predicted molar refractivity (Wildman–Crippen MR) is 96.5 cm³/mol. The van der Waals surface area contributed by atoms with Crippen molar-refractivity contribution in [3.63, 3.8) is 0 Å². The van der Waals surface area contributed by atoms with Gasteiger partial charge in [-0.3, -0.25) is 0 Å². The number of hydrogen-bond acceptors (Lipinski definition) is 3. The molecule has 0 atom stereocenters. The number of ether oxygens (including phenoxy) is 1. The summed E-state index contributed by atoms with van der Waals surface area (Å²) in [4.78, 5) is 11.7. The van der Waals surface area contributed by atoms with Crippen molar-refractivity contribution >= 4 is 22.4 Å². The Morgan fingerprint density at radius 3 is 2.67 bits per heavy atom. The highest BCUT2D eigenvalue weighted by Gasteiger charge is 2.15. The van der Waals surface area contributed by atoms with Gasteiger partial charge in [0.2, 0.25) is 0 Å². The minimum Gasteiger partial charge on any atom is -0.465 e. The van der Waals surface area contributed by atoms with Gasteiger partial charge in [0.25, 0.3) is 0 Å². The summed E-state index contributed by atoms with van der Waals surface area (Å²) in [7, 11) is 1.40. The highest BCUT2D eigenvalue weighted by atomic mass is 16.5. The summed E-state index contributed by atoms with van der Waals surface area (Å²) < 4.78 is 4.79. The smallest absolute Gasteiger partial charge is 0.337 e. The van der Waals surface area contributed by atoms with Crippen LogP contribution in [0.4, 0.5) is 5.69 Å². The number of rotatable bonds is 4. The van der Waals surface area contributed by atoms with E-state index in [2.05, 4.69) is 35.6 Å². The first-order chi connectivity index (χ1) is 11.8. The Morgan fingerprint density at radius 1 is 1.04 bits per heavy atom. The van der Waals surface area contributed by atoms with Gasteiger partial charge in [-0.05, 0) is 53.1 Å². The van der Waals surface area contributed by atoms with Crippen molar-refractivity contribution in [3.05, 3.63) is 76.9 Å². The third-order valence-corrected chi connectivity index (χ3v) is 4.71. The number of hydrogen-bond donors (Lipinski definition) is 1. The lowest BCUT2D eigenvalue weighted by Gasteiger charge is -2.12. The van der Waals surface area contributed by atoms with Gasteiger partial charge in [-0.2, -0.15) is 0 Å². The van der Waals surface area contributed by atoms with Crippen molar-refractivity contribution < 1.29 is 9.53 Å². The van der Waals surface area contributed by atoms with Gasteiger partial charge in [-0.25, -0.2) is 4.79 Å². The van der Waals surface area contributed by atoms with E-state index < -0.39 is 0 Å². The molecule has 120 valence electrons. The zero-order valence-electron chi connectivity index (χ0n) is 13.6. The number of carbonyl (C=O) groups is 1. The molecule has 0 saturated carbocycles. The molecule has 0 fully saturated rings. The Hall–Kier alpha value is -2.81. The van der Waals surface area contributed by atoms with Crippen molar-refractivity contribution in [3.8, 4) is 0 Å². The second-order valence-corrected chi connectivity index (χ2v) is 6.16. The molecule has 3 heteroatoms. The van der Waals surface area contributed by atoms with Crippen LogP contribution in [-0.2, 0) is 24.1 Å². The second kappa shape index (κ2) is 6.00. The third kappa shape index (κ3) is 2.52. The quantitative estimate of drug-likeness (QED) is 0.728. The van der Waals surface area contributed by atoms with E-state index in [0.29, 0.717) is 12.1 Å². The maximum absolute atomic E-state index is 11.7. The molecule has 0 radical (unpaired) electrons. The normalized spacial score (nSPS) is 12.4. The molecule has 3 aromatic carbocycles. The molecule has 0 aromatic heterocycles. The molecule has 3 nitrogen and oxygen atoms in total. The lowest BCUT2D eigenvalue weighted by molar-refractivity contribution is 0.0600. The topological polar surface area (TPSA) is 38.3 Å². The van der Waals surface area contributed by atoms with Crippen LogP contribution in [0.2, 0.25) is 0 Å². The van der Waals surface area contributed by atoms with Gasteiger partial charge in [0.05, 0.1) is 12.7 Å². The van der Waals surface area contributed by atoms with E-state index in [-0.39, 0.29) is 5.97 Å². The summed E-state index contributed by atoms with van der Waals surface area (Å²) >= 11 is 0. The summed E-state index contributed by atoms with van der Waals surface area (Å²) in [5.74, 6) is -0.304. The number of carbonyl (C=O) groups excluding carboxylic acids is 1. The fourth-order valence-electron chi connectivity index (χ4n) is 3.52. The lowest BCUT2D eigenvalue weighted by Crippen LogP contribution is -2.04. The minimum absolute atomic E-state index is 0.304. The number of methoxy groups -OCH3 is 1. The molecule has 0 saturated heterocycles. The van der Waals surface area contributed by atoms with Crippen molar-refractivity contribution in [2.24, 2.45) is 0 Å². The second-order valence-electron chi connectivity index (χ2n) is 6.16. The molecule has 1 aliphatic carbocycles. The first-order valence-corrected chi connectivity index (χ1v) is 8.21. The summed E-state index contributed by atoms with van der Waals surface area (Å²) in [6, 6.07) is 18.5. The zero-order valence-corrected chi connectivity index (χ0v) is 13.6. The Balaban J connectivity index is 1.61. The Labute approximate surface area is 141 Å². The lowest BCUT2D eigenvalue weighted by atomic mass is 10.0. The molecule has 0 bridgehead atoms. The summed E-state index contributed by atoms with van der Waals surface area (Å²) in [6.45, 7) is 0.670. The molecule has 0 unspecified atom stereocenters. The van der Waals surface area contributed by atoms with Crippen LogP contribution in [0.3, 0.4) is 0 Å². The van der Waals surface area contributed by atoms with Crippen LogP contribution in [0.25, 0.3) is 10.8 Å².